The van der Waals surface area contributed by atoms with Gasteiger partial charge in [0.25, 0.3) is 0 Å². The fourth-order valence-corrected chi connectivity index (χ4v) is 29.3. The molecule has 0 amide bonds. The van der Waals surface area contributed by atoms with E-state index in [1.807, 2.05) is 0 Å². The molecule has 0 saturated carbocycles. The van der Waals surface area contributed by atoms with Crippen molar-refractivity contribution in [1.29, 1.82) is 0 Å². The summed E-state index contributed by atoms with van der Waals surface area (Å²) in [5.74, 6) is 0. The molecule has 4 nitrogen and oxygen atoms in total. The van der Waals surface area contributed by atoms with E-state index in [1.165, 1.54) is 4.14 Å². The first-order valence-electron chi connectivity index (χ1n) is 8.97. The van der Waals surface area contributed by atoms with E-state index < -0.39 is 62.1 Å². The molecule has 0 radical (unpaired) electrons. The van der Waals surface area contributed by atoms with Crippen LogP contribution < -0.4 is 15.9 Å². The third-order valence-corrected chi connectivity index (χ3v) is 26.1. The van der Waals surface area contributed by atoms with E-state index in [-0.39, 0.29) is 0 Å². The maximum Gasteiger partial charge on any atom is 0.456 e. The van der Waals surface area contributed by atoms with E-state index in [0.29, 0.717) is 0 Å². The van der Waals surface area contributed by atoms with Gasteiger partial charge < -0.3 is 15.9 Å². The van der Waals surface area contributed by atoms with Gasteiger partial charge in [-0.25, -0.2) is 0 Å². The van der Waals surface area contributed by atoms with Crippen LogP contribution in [0.1, 0.15) is 0 Å². The van der Waals surface area contributed by atoms with Gasteiger partial charge in [0.1, 0.15) is 0 Å². The minimum atomic E-state index is -1.24. The zero-order valence-electron chi connectivity index (χ0n) is 17.9. The molecule has 0 aromatic carbocycles. The molecule has 136 valence electrons. The SMILES string of the molecule is C[Si](C)(C)[NH][Al]([CH2][Al]([NH][Si](C)(C)C)[NH][Si](C)(C)C)[NH][Si](C)(C)C. The molecule has 0 aliphatic rings. The van der Waals surface area contributed by atoms with Gasteiger partial charge >= 0.3 is 29.2 Å². The van der Waals surface area contributed by atoms with Crippen LogP contribution in [-0.4, -0.2) is 62.1 Å². The van der Waals surface area contributed by atoms with Gasteiger partial charge in [0.05, 0.1) is 32.9 Å². The second-order valence-electron chi connectivity index (χ2n) is 10.9. The van der Waals surface area contributed by atoms with E-state index in [2.05, 4.69) is 94.4 Å². The average Bonchev–Trinajstić information content (AvgIpc) is 2.03. The van der Waals surface area contributed by atoms with Crippen LogP contribution in [0.5, 0.6) is 0 Å². The zero-order valence-corrected chi connectivity index (χ0v) is 24.2. The number of hydrogen-bond donors (Lipinski definition) is 4. The van der Waals surface area contributed by atoms with Crippen LogP contribution in [0.4, 0.5) is 0 Å². The van der Waals surface area contributed by atoms with Crippen molar-refractivity contribution in [2.45, 2.75) is 82.7 Å². The van der Waals surface area contributed by atoms with Gasteiger partial charge in [-0.2, -0.15) is 0 Å². The summed E-state index contributed by atoms with van der Waals surface area (Å²) in [6.45, 7) is 29.3. The highest BCUT2D eigenvalue weighted by Crippen LogP contribution is 2.07. The molecule has 0 atom stereocenters. The van der Waals surface area contributed by atoms with Crippen LogP contribution in [0, 0.1) is 0 Å². The molecule has 0 spiro atoms. The molecule has 0 rings (SSSR count). The Labute approximate surface area is 160 Å². The van der Waals surface area contributed by atoms with Gasteiger partial charge in [0.2, 0.25) is 0 Å². The van der Waals surface area contributed by atoms with E-state index >= 15 is 0 Å². The van der Waals surface area contributed by atoms with Crippen molar-refractivity contribution in [3.63, 3.8) is 0 Å². The van der Waals surface area contributed by atoms with Gasteiger partial charge in [-0.05, 0) is 0 Å². The molecule has 0 bridgehead atoms. The van der Waals surface area contributed by atoms with Crippen molar-refractivity contribution in [3.05, 3.63) is 0 Å². The topological polar surface area (TPSA) is 48.1 Å². The molecule has 0 aliphatic carbocycles. The molecule has 4 N–H and O–H groups in total. The normalized spacial score (nSPS) is 14.1. The lowest BCUT2D eigenvalue weighted by molar-refractivity contribution is 1.18. The zero-order chi connectivity index (χ0) is 18.7. The minimum Gasteiger partial charge on any atom is -0.409 e. The summed E-state index contributed by atoms with van der Waals surface area (Å²) in [5.41, 5.74) is 0. The Morgan fingerprint density at radius 2 is 0.609 bits per heavy atom. The predicted octanol–water partition coefficient (Wildman–Crippen LogP) is 3.20. The largest absolute Gasteiger partial charge is 0.456 e. The van der Waals surface area contributed by atoms with Gasteiger partial charge in [-0.15, -0.1) is 0 Å². The summed E-state index contributed by atoms with van der Waals surface area (Å²) in [5, 5.41) is 0. The van der Waals surface area contributed by atoms with Crippen LogP contribution in [0.15, 0.2) is 0 Å². The molecule has 23 heavy (non-hydrogen) atoms. The van der Waals surface area contributed by atoms with E-state index in [1.54, 1.807) is 0 Å². The first-order chi connectivity index (χ1) is 9.86. The van der Waals surface area contributed by atoms with Crippen molar-refractivity contribution < 1.29 is 0 Å². The Bertz CT molecular complexity index is 293. The van der Waals surface area contributed by atoms with Crippen LogP contribution in [-0.2, 0) is 0 Å². The Morgan fingerprint density at radius 1 is 0.435 bits per heavy atom. The van der Waals surface area contributed by atoms with Crippen LogP contribution in [0.2, 0.25) is 82.7 Å². The van der Waals surface area contributed by atoms with Crippen LogP contribution >= 0.6 is 0 Å². The highest BCUT2D eigenvalue weighted by Gasteiger charge is 2.39. The molecule has 0 fully saturated rings. The molecular formula is C13H42Al2N4Si4. The molecule has 0 aromatic heterocycles. The van der Waals surface area contributed by atoms with Gasteiger partial charge in [-0.3, -0.25) is 0 Å². The van der Waals surface area contributed by atoms with Crippen molar-refractivity contribution in [3.8, 4) is 0 Å². The van der Waals surface area contributed by atoms with Crippen LogP contribution in [0.25, 0.3) is 0 Å². The van der Waals surface area contributed by atoms with Crippen molar-refractivity contribution in [2.24, 2.45) is 0 Å². The lowest BCUT2D eigenvalue weighted by atomic mass is 11.8. The minimum absolute atomic E-state index is 1.12. The average molecular weight is 421 g/mol. The number of hydrogen-bond acceptors (Lipinski definition) is 4. The summed E-state index contributed by atoms with van der Waals surface area (Å²) in [4.78, 5) is 0. The molecular weight excluding hydrogens is 378 g/mol. The molecule has 0 aromatic rings. The van der Waals surface area contributed by atoms with Gasteiger partial charge in [0, 0.05) is 0 Å². The molecule has 0 saturated heterocycles. The highest BCUT2D eigenvalue weighted by molar-refractivity contribution is 6.96. The monoisotopic (exact) mass is 420 g/mol. The first kappa shape index (κ1) is 24.8. The summed E-state index contributed by atoms with van der Waals surface area (Å²) in [6.07, 6.45) is 0. The molecule has 0 unspecified atom stereocenters. The smallest absolute Gasteiger partial charge is 0.409 e. The lowest BCUT2D eigenvalue weighted by Gasteiger charge is -2.34. The molecule has 10 heteroatoms. The predicted molar refractivity (Wildman–Crippen MR) is 122 cm³/mol. The molecule has 0 heterocycles. The summed E-state index contributed by atoms with van der Waals surface area (Å²) < 4.78 is 17.8. The fraction of sp³-hybridized carbons (Fsp3) is 1.00. The second kappa shape index (κ2) is 9.12. The third-order valence-electron chi connectivity index (χ3n) is 2.90. The number of nitrogens with one attached hydrogen (secondary N) is 4. The van der Waals surface area contributed by atoms with Gasteiger partial charge in [0.15, 0.2) is 0 Å². The lowest BCUT2D eigenvalue weighted by Crippen LogP contribution is -2.70. The maximum atomic E-state index is 4.10. The molecule has 0 aliphatic heterocycles. The second-order valence-corrected chi connectivity index (χ2v) is 37.6. The van der Waals surface area contributed by atoms with E-state index in [0.717, 1.165) is 0 Å². The summed E-state index contributed by atoms with van der Waals surface area (Å²) >= 11 is -2.23. The number of rotatable bonds is 10. The Morgan fingerprint density at radius 3 is 0.739 bits per heavy atom. The maximum absolute atomic E-state index is 4.10. The summed E-state index contributed by atoms with van der Waals surface area (Å²) in [7, 11) is -4.97. The standard InChI is InChI=1S/4C3H10NSi.CH2.2Al/c4*1-5(2,3)4;;;/h4*4H,1-3H3;1H2;;/q4*-1;;2*+2. The van der Waals surface area contributed by atoms with Crippen molar-refractivity contribution in [1.82, 2.24) is 15.9 Å². The third kappa shape index (κ3) is 17.0. The van der Waals surface area contributed by atoms with E-state index in [9.17, 15) is 0 Å². The first-order valence-corrected chi connectivity index (χ1v) is 26.9. The van der Waals surface area contributed by atoms with Crippen molar-refractivity contribution in [2.75, 3.05) is 0 Å². The Kier molecular flexibility index (Phi) is 9.82. The highest BCUT2D eigenvalue weighted by atomic mass is 28.4. The summed E-state index contributed by atoms with van der Waals surface area (Å²) in [6, 6.07) is 0. The van der Waals surface area contributed by atoms with Gasteiger partial charge in [-0.1, -0.05) is 82.7 Å². The quantitative estimate of drug-likeness (QED) is 0.410. The Balaban J connectivity index is 5.15. The Hall–Kier alpha value is 1.77. The van der Waals surface area contributed by atoms with Crippen molar-refractivity contribution >= 4 is 62.1 Å². The fourth-order valence-electron chi connectivity index (χ4n) is 2.63. The van der Waals surface area contributed by atoms with E-state index in [4.69, 9.17) is 0 Å². The van der Waals surface area contributed by atoms with Crippen LogP contribution in [0.3, 0.4) is 0 Å².